The summed E-state index contributed by atoms with van der Waals surface area (Å²) in [6.07, 6.45) is 0. The van der Waals surface area contributed by atoms with E-state index in [-0.39, 0.29) is 0 Å². The molecule has 0 aliphatic carbocycles. The van der Waals surface area contributed by atoms with E-state index in [1.807, 2.05) is 12.1 Å². The maximum absolute atomic E-state index is 5.22. The number of fused-ring (bicyclic) bond motifs is 1. The number of aromatic nitrogens is 2. The van der Waals surface area contributed by atoms with Crippen LogP contribution >= 0.6 is 0 Å². The van der Waals surface area contributed by atoms with E-state index in [1.54, 1.807) is 7.11 Å². The smallest absolute Gasteiger partial charge is 0.118 e. The van der Waals surface area contributed by atoms with Gasteiger partial charge in [-0.05, 0) is 35.9 Å². The van der Waals surface area contributed by atoms with Crippen molar-refractivity contribution in [2.75, 3.05) is 13.7 Å². The van der Waals surface area contributed by atoms with E-state index in [1.165, 1.54) is 11.3 Å². The monoisotopic (exact) mass is 319 g/mol. The predicted octanol–water partition coefficient (Wildman–Crippen LogP) is 3.57. The first-order valence-electron chi connectivity index (χ1n) is 8.29. The predicted molar refractivity (Wildman–Crippen MR) is 94.8 cm³/mol. The maximum Gasteiger partial charge on any atom is 0.118 e. The fourth-order valence-corrected chi connectivity index (χ4v) is 3.20. The van der Waals surface area contributed by atoms with Gasteiger partial charge >= 0.3 is 0 Å². The van der Waals surface area contributed by atoms with Crippen LogP contribution in [0.4, 0.5) is 0 Å². The van der Waals surface area contributed by atoms with Gasteiger partial charge in [0.05, 0.1) is 25.0 Å². The van der Waals surface area contributed by atoms with Gasteiger partial charge in [0.15, 0.2) is 0 Å². The standard InChI is InChI=1S/C20H21N3O/c1-24-19-9-7-17(8-10-19)20-13-18-15-22(11-12-23(18)21-20)14-16-5-3-2-4-6-16/h2-10,13H,11-12,14-15H2,1H3. The first kappa shape index (κ1) is 15.0. The fourth-order valence-electron chi connectivity index (χ4n) is 3.20. The van der Waals surface area contributed by atoms with Crippen molar-refractivity contribution >= 4 is 0 Å². The lowest BCUT2D eigenvalue weighted by molar-refractivity contribution is 0.205. The molecule has 0 amide bonds. The largest absolute Gasteiger partial charge is 0.497 e. The second-order valence-corrected chi connectivity index (χ2v) is 6.17. The number of hydrogen-bond donors (Lipinski definition) is 0. The molecular formula is C20H21N3O. The molecule has 4 nitrogen and oxygen atoms in total. The molecule has 122 valence electrons. The molecule has 2 aromatic carbocycles. The van der Waals surface area contributed by atoms with Gasteiger partial charge in [-0.3, -0.25) is 9.58 Å². The third-order valence-corrected chi connectivity index (χ3v) is 4.51. The molecule has 1 aliphatic heterocycles. The van der Waals surface area contributed by atoms with Crippen LogP contribution < -0.4 is 4.74 Å². The van der Waals surface area contributed by atoms with Gasteiger partial charge < -0.3 is 4.74 Å². The Morgan fingerprint density at radius 3 is 2.54 bits per heavy atom. The summed E-state index contributed by atoms with van der Waals surface area (Å²) in [7, 11) is 1.69. The summed E-state index contributed by atoms with van der Waals surface area (Å²) >= 11 is 0. The molecule has 0 unspecified atom stereocenters. The summed E-state index contributed by atoms with van der Waals surface area (Å²) in [6.45, 7) is 3.91. The van der Waals surface area contributed by atoms with Crippen LogP contribution in [0.25, 0.3) is 11.3 Å². The Hall–Kier alpha value is -2.59. The van der Waals surface area contributed by atoms with E-state index in [9.17, 15) is 0 Å². The SMILES string of the molecule is COc1ccc(-c2cc3n(n2)CCN(Cc2ccccc2)C3)cc1. The summed E-state index contributed by atoms with van der Waals surface area (Å²) < 4.78 is 7.36. The highest BCUT2D eigenvalue weighted by Crippen LogP contribution is 2.24. The Morgan fingerprint density at radius 1 is 1.00 bits per heavy atom. The second kappa shape index (κ2) is 6.49. The molecule has 1 aromatic heterocycles. The van der Waals surface area contributed by atoms with Crippen molar-refractivity contribution in [1.82, 2.24) is 14.7 Å². The van der Waals surface area contributed by atoms with Crippen molar-refractivity contribution < 1.29 is 4.74 Å². The van der Waals surface area contributed by atoms with Gasteiger partial charge in [0.25, 0.3) is 0 Å². The van der Waals surface area contributed by atoms with E-state index in [2.05, 4.69) is 58.1 Å². The normalized spacial score (nSPS) is 14.4. The number of rotatable bonds is 4. The zero-order chi connectivity index (χ0) is 16.4. The van der Waals surface area contributed by atoms with Crippen molar-refractivity contribution in [1.29, 1.82) is 0 Å². The van der Waals surface area contributed by atoms with Crippen molar-refractivity contribution in [3.05, 3.63) is 71.9 Å². The topological polar surface area (TPSA) is 30.3 Å². The molecule has 0 saturated heterocycles. The highest BCUT2D eigenvalue weighted by atomic mass is 16.5. The van der Waals surface area contributed by atoms with Gasteiger partial charge in [-0.15, -0.1) is 0 Å². The van der Waals surface area contributed by atoms with Gasteiger partial charge in [-0.1, -0.05) is 30.3 Å². The van der Waals surface area contributed by atoms with Crippen molar-refractivity contribution in [2.45, 2.75) is 19.6 Å². The van der Waals surface area contributed by atoms with Crippen LogP contribution in [0, 0.1) is 0 Å². The van der Waals surface area contributed by atoms with Crippen LogP contribution in [0.15, 0.2) is 60.7 Å². The first-order chi connectivity index (χ1) is 11.8. The van der Waals surface area contributed by atoms with E-state index in [0.717, 1.165) is 43.2 Å². The van der Waals surface area contributed by atoms with E-state index >= 15 is 0 Å². The zero-order valence-corrected chi connectivity index (χ0v) is 13.9. The van der Waals surface area contributed by atoms with E-state index in [4.69, 9.17) is 9.84 Å². The van der Waals surface area contributed by atoms with Crippen molar-refractivity contribution in [3.63, 3.8) is 0 Å². The minimum atomic E-state index is 0.872. The average molecular weight is 319 g/mol. The van der Waals surface area contributed by atoms with E-state index in [0.29, 0.717) is 0 Å². The number of hydrogen-bond acceptors (Lipinski definition) is 3. The maximum atomic E-state index is 5.22. The molecular weight excluding hydrogens is 298 g/mol. The number of methoxy groups -OCH3 is 1. The minimum absolute atomic E-state index is 0.872. The third kappa shape index (κ3) is 3.05. The molecule has 4 rings (SSSR count). The van der Waals surface area contributed by atoms with Crippen LogP contribution in [0.5, 0.6) is 5.75 Å². The molecule has 24 heavy (non-hydrogen) atoms. The lowest BCUT2D eigenvalue weighted by Crippen LogP contribution is -2.33. The van der Waals surface area contributed by atoms with Crippen molar-refractivity contribution in [2.24, 2.45) is 0 Å². The number of nitrogens with zero attached hydrogens (tertiary/aromatic N) is 3. The summed E-state index contributed by atoms with van der Waals surface area (Å²) in [6, 6.07) is 20.9. The Kier molecular flexibility index (Phi) is 4.05. The highest BCUT2D eigenvalue weighted by molar-refractivity contribution is 5.60. The Labute approximate surface area is 142 Å². The molecule has 0 atom stereocenters. The minimum Gasteiger partial charge on any atom is -0.497 e. The lowest BCUT2D eigenvalue weighted by Gasteiger charge is -2.27. The van der Waals surface area contributed by atoms with Crippen LogP contribution in [0.2, 0.25) is 0 Å². The number of ether oxygens (including phenoxy) is 1. The fraction of sp³-hybridized carbons (Fsp3) is 0.250. The van der Waals surface area contributed by atoms with Gasteiger partial charge in [-0.25, -0.2) is 0 Å². The third-order valence-electron chi connectivity index (χ3n) is 4.51. The summed E-state index contributed by atoms with van der Waals surface area (Å²) in [5, 5.41) is 4.77. The zero-order valence-electron chi connectivity index (χ0n) is 13.9. The van der Waals surface area contributed by atoms with Crippen LogP contribution in [0.1, 0.15) is 11.3 Å². The highest BCUT2D eigenvalue weighted by Gasteiger charge is 2.19. The molecule has 0 radical (unpaired) electrons. The molecule has 4 heteroatoms. The first-order valence-corrected chi connectivity index (χ1v) is 8.29. The van der Waals surface area contributed by atoms with E-state index < -0.39 is 0 Å². The molecule has 0 spiro atoms. The van der Waals surface area contributed by atoms with Gasteiger partial charge in [0, 0.05) is 25.2 Å². The molecule has 0 N–H and O–H groups in total. The molecule has 2 heterocycles. The average Bonchev–Trinajstić information content (AvgIpc) is 3.06. The Balaban J connectivity index is 1.51. The van der Waals surface area contributed by atoms with Crippen LogP contribution in [0.3, 0.4) is 0 Å². The summed E-state index contributed by atoms with van der Waals surface area (Å²) in [5.41, 5.74) is 4.81. The van der Waals surface area contributed by atoms with Gasteiger partial charge in [0.1, 0.15) is 5.75 Å². The lowest BCUT2D eigenvalue weighted by atomic mass is 10.1. The molecule has 1 aliphatic rings. The molecule has 0 fully saturated rings. The molecule has 0 bridgehead atoms. The van der Waals surface area contributed by atoms with Gasteiger partial charge in [-0.2, -0.15) is 5.10 Å². The van der Waals surface area contributed by atoms with Crippen LogP contribution in [-0.4, -0.2) is 28.3 Å². The summed E-state index contributed by atoms with van der Waals surface area (Å²) in [5.74, 6) is 0.872. The quantitative estimate of drug-likeness (QED) is 0.736. The summed E-state index contributed by atoms with van der Waals surface area (Å²) in [4.78, 5) is 2.48. The molecule has 3 aromatic rings. The van der Waals surface area contributed by atoms with Crippen LogP contribution in [-0.2, 0) is 19.6 Å². The molecule has 0 saturated carbocycles. The van der Waals surface area contributed by atoms with Gasteiger partial charge in [0.2, 0.25) is 0 Å². The number of benzene rings is 2. The Morgan fingerprint density at radius 2 is 1.79 bits per heavy atom. The second-order valence-electron chi connectivity index (χ2n) is 6.17. The van der Waals surface area contributed by atoms with Crippen molar-refractivity contribution in [3.8, 4) is 17.0 Å². The Bertz CT molecular complexity index is 809.